The molecule has 28 heavy (non-hydrogen) atoms. The van der Waals surface area contributed by atoms with Crippen LogP contribution in [-0.4, -0.2) is 30.4 Å². The van der Waals surface area contributed by atoms with Gasteiger partial charge in [0.25, 0.3) is 0 Å². The first kappa shape index (κ1) is 19.8. The molecule has 0 spiro atoms. The zero-order valence-corrected chi connectivity index (χ0v) is 16.5. The minimum Gasteiger partial charge on any atom is -0.308 e. The van der Waals surface area contributed by atoms with Crippen molar-refractivity contribution in [3.8, 4) is 0 Å². The van der Waals surface area contributed by atoms with Crippen molar-refractivity contribution in [2.45, 2.75) is 26.9 Å². The van der Waals surface area contributed by atoms with Crippen LogP contribution in [0.25, 0.3) is 0 Å². The number of carbonyl (C=O) groups excluding carboxylic acids is 1. The van der Waals surface area contributed by atoms with Gasteiger partial charge in [-0.25, -0.2) is 0 Å². The molecule has 0 saturated carbocycles. The van der Waals surface area contributed by atoms with E-state index in [1.807, 2.05) is 13.0 Å². The second kappa shape index (κ2) is 7.99. The molecule has 0 aliphatic rings. The Labute approximate surface area is 170 Å². The van der Waals surface area contributed by atoms with Crippen molar-refractivity contribution in [1.29, 1.82) is 0 Å². The minimum absolute atomic E-state index is 0.132. The Hall–Kier alpha value is -2.91. The Bertz CT molecular complexity index is 1060. The van der Waals surface area contributed by atoms with Crippen LogP contribution in [0.4, 0.5) is 11.5 Å². The summed E-state index contributed by atoms with van der Waals surface area (Å²) in [6.45, 7) is 3.62. The van der Waals surface area contributed by atoms with Crippen LogP contribution in [-0.2, 0) is 17.9 Å². The lowest BCUT2D eigenvalue weighted by molar-refractivity contribution is -0.385. The highest BCUT2D eigenvalue weighted by Crippen LogP contribution is 2.22. The van der Waals surface area contributed by atoms with Gasteiger partial charge in [0.1, 0.15) is 18.4 Å². The molecule has 0 aliphatic carbocycles. The number of hydrogen-bond acceptors (Lipinski definition) is 5. The van der Waals surface area contributed by atoms with Gasteiger partial charge >= 0.3 is 5.69 Å². The summed E-state index contributed by atoms with van der Waals surface area (Å²) in [5.74, 6) is -0.0301. The monoisotopic (exact) mass is 422 g/mol. The van der Waals surface area contributed by atoms with E-state index in [1.54, 1.807) is 22.9 Å². The topological polar surface area (TPSA) is 108 Å². The Morgan fingerprint density at radius 2 is 2.00 bits per heavy atom. The van der Waals surface area contributed by atoms with Crippen LogP contribution in [0, 0.1) is 24.0 Å². The molecule has 0 unspecified atom stereocenters. The van der Waals surface area contributed by atoms with Gasteiger partial charge < -0.3 is 5.32 Å². The highest BCUT2D eigenvalue weighted by molar-refractivity contribution is 6.35. The van der Waals surface area contributed by atoms with Gasteiger partial charge in [-0.2, -0.15) is 10.2 Å². The lowest BCUT2D eigenvalue weighted by atomic mass is 10.2. The Morgan fingerprint density at radius 3 is 2.64 bits per heavy atom. The van der Waals surface area contributed by atoms with E-state index in [1.165, 1.54) is 17.8 Å². The maximum Gasteiger partial charge on any atom is 0.309 e. The highest BCUT2D eigenvalue weighted by Gasteiger charge is 2.17. The third-order valence-corrected chi connectivity index (χ3v) is 4.59. The number of nitrogens with zero attached hydrogens (tertiary/aromatic N) is 5. The second-order valence-corrected chi connectivity index (χ2v) is 7.01. The minimum atomic E-state index is -0.538. The molecule has 1 amide bonds. The Kier molecular flexibility index (Phi) is 5.66. The molecule has 0 aliphatic heterocycles. The number of aryl methyl sites for hydroxylation is 2. The van der Waals surface area contributed by atoms with Crippen molar-refractivity contribution in [3.05, 3.63) is 67.6 Å². The SMILES string of the molecule is Cc1nn(CC(=O)Nc2cc(C)n(Cc3ccc(Cl)cc3Cl)n2)cc1[N+](=O)[O-]. The lowest BCUT2D eigenvalue weighted by Crippen LogP contribution is -2.19. The summed E-state index contributed by atoms with van der Waals surface area (Å²) in [5.41, 5.74) is 1.78. The van der Waals surface area contributed by atoms with Gasteiger partial charge in [0.2, 0.25) is 5.91 Å². The first-order chi connectivity index (χ1) is 13.2. The van der Waals surface area contributed by atoms with Crippen LogP contribution < -0.4 is 5.32 Å². The smallest absolute Gasteiger partial charge is 0.308 e. The summed E-state index contributed by atoms with van der Waals surface area (Å²) in [4.78, 5) is 22.5. The standard InChI is InChI=1S/C17H16Cl2N6O3/c1-10-5-16(22-24(10)7-12-3-4-13(18)6-14(12)19)20-17(26)9-23-8-15(25(27)28)11(2)21-23/h3-6,8H,7,9H2,1-2H3,(H,20,22,26). The van der Waals surface area contributed by atoms with Crippen LogP contribution in [0.5, 0.6) is 0 Å². The molecule has 0 bridgehead atoms. The van der Waals surface area contributed by atoms with E-state index in [2.05, 4.69) is 15.5 Å². The molecule has 11 heteroatoms. The average Bonchev–Trinajstić information content (AvgIpc) is 3.12. The number of hydrogen-bond donors (Lipinski definition) is 1. The van der Waals surface area contributed by atoms with Crippen molar-refractivity contribution in [3.63, 3.8) is 0 Å². The van der Waals surface area contributed by atoms with Crippen molar-refractivity contribution >= 4 is 40.6 Å². The molecule has 2 heterocycles. The van der Waals surface area contributed by atoms with E-state index in [-0.39, 0.29) is 17.9 Å². The number of nitrogens with one attached hydrogen (secondary N) is 1. The number of halogens is 2. The predicted molar refractivity (Wildman–Crippen MR) is 105 cm³/mol. The summed E-state index contributed by atoms with van der Waals surface area (Å²) < 4.78 is 2.92. The fourth-order valence-corrected chi connectivity index (χ4v) is 3.11. The summed E-state index contributed by atoms with van der Waals surface area (Å²) >= 11 is 12.1. The molecule has 1 aromatic carbocycles. The molecule has 9 nitrogen and oxygen atoms in total. The number of amides is 1. The zero-order valence-electron chi connectivity index (χ0n) is 15.0. The van der Waals surface area contributed by atoms with Gasteiger partial charge in [0.15, 0.2) is 5.82 Å². The molecular weight excluding hydrogens is 407 g/mol. The van der Waals surface area contributed by atoms with E-state index in [4.69, 9.17) is 23.2 Å². The van der Waals surface area contributed by atoms with Crippen molar-refractivity contribution < 1.29 is 9.72 Å². The first-order valence-electron chi connectivity index (χ1n) is 8.19. The number of carbonyl (C=O) groups is 1. The molecule has 3 rings (SSSR count). The zero-order chi connectivity index (χ0) is 20.4. The molecule has 3 aromatic rings. The Morgan fingerprint density at radius 1 is 1.25 bits per heavy atom. The van der Waals surface area contributed by atoms with Crippen LogP contribution >= 0.6 is 23.2 Å². The summed E-state index contributed by atoms with van der Waals surface area (Å²) in [6, 6.07) is 6.94. The fraction of sp³-hybridized carbons (Fsp3) is 0.235. The quantitative estimate of drug-likeness (QED) is 0.482. The number of anilines is 1. The normalized spacial score (nSPS) is 10.9. The summed E-state index contributed by atoms with van der Waals surface area (Å²) in [5, 5.41) is 22.9. The van der Waals surface area contributed by atoms with Crippen molar-refractivity contribution in [2.24, 2.45) is 0 Å². The summed E-state index contributed by atoms with van der Waals surface area (Å²) in [6.07, 6.45) is 1.22. The van der Waals surface area contributed by atoms with E-state index >= 15 is 0 Å². The molecule has 146 valence electrons. The molecule has 0 saturated heterocycles. The van der Waals surface area contributed by atoms with Crippen LogP contribution in [0.15, 0.2) is 30.5 Å². The van der Waals surface area contributed by atoms with Crippen molar-refractivity contribution in [2.75, 3.05) is 5.32 Å². The van der Waals surface area contributed by atoms with Crippen molar-refractivity contribution in [1.82, 2.24) is 19.6 Å². The van der Waals surface area contributed by atoms with Gasteiger partial charge in [-0.15, -0.1) is 0 Å². The molecule has 0 radical (unpaired) electrons. The van der Waals surface area contributed by atoms with Crippen LogP contribution in [0.1, 0.15) is 17.0 Å². The molecular formula is C17H16Cl2N6O3. The van der Waals surface area contributed by atoms with E-state index in [0.717, 1.165) is 11.3 Å². The largest absolute Gasteiger partial charge is 0.309 e. The third kappa shape index (κ3) is 4.49. The number of benzene rings is 1. The van der Waals surface area contributed by atoms with Crippen LogP contribution in [0.2, 0.25) is 10.0 Å². The second-order valence-electron chi connectivity index (χ2n) is 6.17. The third-order valence-electron chi connectivity index (χ3n) is 4.01. The maximum absolute atomic E-state index is 12.2. The molecule has 0 fully saturated rings. The molecule has 1 N–H and O–H groups in total. The van der Waals surface area contributed by atoms with Gasteiger partial charge in [0, 0.05) is 21.8 Å². The predicted octanol–water partition coefficient (Wildman–Crippen LogP) is 3.60. The number of nitro groups is 1. The summed E-state index contributed by atoms with van der Waals surface area (Å²) in [7, 11) is 0. The number of aromatic nitrogens is 4. The number of rotatable bonds is 6. The van der Waals surface area contributed by atoms with Gasteiger partial charge in [-0.1, -0.05) is 29.3 Å². The molecule has 0 atom stereocenters. The maximum atomic E-state index is 12.2. The highest BCUT2D eigenvalue weighted by atomic mass is 35.5. The van der Waals surface area contributed by atoms with Gasteiger partial charge in [-0.3, -0.25) is 24.3 Å². The van der Waals surface area contributed by atoms with E-state index < -0.39 is 10.8 Å². The lowest BCUT2D eigenvalue weighted by Gasteiger charge is -2.07. The Balaban J connectivity index is 1.68. The fourth-order valence-electron chi connectivity index (χ4n) is 2.64. The van der Waals surface area contributed by atoms with E-state index in [0.29, 0.717) is 22.4 Å². The molecule has 2 aromatic heterocycles. The van der Waals surface area contributed by atoms with Gasteiger partial charge in [-0.05, 0) is 31.5 Å². The van der Waals surface area contributed by atoms with E-state index in [9.17, 15) is 14.9 Å². The first-order valence-corrected chi connectivity index (χ1v) is 8.95. The van der Waals surface area contributed by atoms with Crippen LogP contribution in [0.3, 0.4) is 0 Å². The average molecular weight is 423 g/mol. The van der Waals surface area contributed by atoms with Gasteiger partial charge in [0.05, 0.1) is 11.5 Å².